The number of Topliss-reactive ketones (excluding diaryl/α,β-unsaturated/α-hetero) is 1. The van der Waals surface area contributed by atoms with E-state index >= 15 is 8.78 Å². The number of ether oxygens (including phenoxy) is 1. The minimum atomic E-state index is -2.29. The second kappa shape index (κ2) is 10.8. The normalized spacial score (nSPS) is 39.3. The number of hydrogen-bond donors (Lipinski definition) is 2. The monoisotopic (exact) mass is 609 g/mol. The molecule has 5 rings (SSSR count). The number of ketones is 2. The van der Waals surface area contributed by atoms with Crippen LogP contribution in [0.5, 0.6) is 0 Å². The smallest absolute Gasteiger partial charge is 0.367 e. The molecule has 9 unspecified atom stereocenters. The number of rotatable bonds is 6. The Morgan fingerprint density at radius 2 is 1.88 bits per heavy atom. The number of hydroxylamine groups is 1. The summed E-state index contributed by atoms with van der Waals surface area (Å²) >= 11 is 6.82. The molecule has 0 bridgehead atoms. The third-order valence-corrected chi connectivity index (χ3v) is 10.9. The summed E-state index contributed by atoms with van der Waals surface area (Å²) in [5.74, 6) is -3.65. The van der Waals surface area contributed by atoms with Crippen LogP contribution in [0.4, 0.5) is 19.3 Å². The molecule has 0 aromatic heterocycles. The molecular formula is C30H34ClF2NO6S. The van der Waals surface area contributed by atoms with Crippen LogP contribution in [0.1, 0.15) is 33.1 Å². The van der Waals surface area contributed by atoms with Crippen molar-refractivity contribution in [3.63, 3.8) is 0 Å². The molecule has 2 N–H and O–H groups in total. The molecule has 3 saturated carbocycles. The van der Waals surface area contributed by atoms with Crippen LogP contribution in [0.3, 0.4) is 0 Å². The highest BCUT2D eigenvalue weighted by atomic mass is 35.5. The van der Waals surface area contributed by atoms with Gasteiger partial charge < -0.3 is 9.84 Å². The molecule has 0 heterocycles. The minimum Gasteiger partial charge on any atom is -0.450 e. The summed E-state index contributed by atoms with van der Waals surface area (Å²) in [6, 6.07) is 6.48. The topological polar surface area (TPSA) is 104 Å². The largest absolute Gasteiger partial charge is 0.450 e. The number of alkyl halides is 2. The first-order chi connectivity index (χ1) is 19.3. The highest BCUT2D eigenvalue weighted by molar-refractivity contribution is 8.12. The average Bonchev–Trinajstić information content (AvgIpc) is 3.21. The summed E-state index contributed by atoms with van der Waals surface area (Å²) in [4.78, 5) is 37.7. The van der Waals surface area contributed by atoms with Crippen LogP contribution in [0.25, 0.3) is 0 Å². The first-order valence-corrected chi connectivity index (χ1v) is 15.3. The summed E-state index contributed by atoms with van der Waals surface area (Å²) in [7, 11) is 0. The van der Waals surface area contributed by atoms with Crippen LogP contribution in [0.15, 0.2) is 48.1 Å². The summed E-state index contributed by atoms with van der Waals surface area (Å²) < 4.78 is 38.4. The fourth-order valence-electron chi connectivity index (χ4n) is 8.42. The number of aliphatic hydroxyl groups is 1. The molecule has 222 valence electrons. The Labute approximate surface area is 246 Å². The van der Waals surface area contributed by atoms with E-state index in [4.69, 9.17) is 16.3 Å². The number of carbonyl (C=O) groups is 3. The van der Waals surface area contributed by atoms with Crippen LogP contribution in [-0.4, -0.2) is 64.5 Å². The number of thioether (sulfide) groups is 1. The molecule has 0 amide bonds. The number of carbonyl (C=O) groups excluding carboxylic acids is 3. The first kappa shape index (κ1) is 30.2. The van der Waals surface area contributed by atoms with Crippen LogP contribution < -0.4 is 5.06 Å². The maximum atomic E-state index is 17.5. The van der Waals surface area contributed by atoms with E-state index in [0.29, 0.717) is 10.7 Å². The number of halogens is 3. The second-order valence-electron chi connectivity index (χ2n) is 12.2. The molecule has 0 aliphatic heterocycles. The van der Waals surface area contributed by atoms with Gasteiger partial charge in [0.1, 0.15) is 6.17 Å². The molecule has 1 aromatic rings. The van der Waals surface area contributed by atoms with Crippen molar-refractivity contribution in [3.8, 4) is 0 Å². The number of allylic oxidation sites excluding steroid dienone is 4. The van der Waals surface area contributed by atoms with Crippen LogP contribution >= 0.6 is 23.4 Å². The van der Waals surface area contributed by atoms with Gasteiger partial charge in [0.2, 0.25) is 0 Å². The zero-order valence-corrected chi connectivity index (χ0v) is 24.6. The Morgan fingerprint density at radius 1 is 1.20 bits per heavy atom. The van der Waals surface area contributed by atoms with Gasteiger partial charge in [-0.05, 0) is 103 Å². The van der Waals surface area contributed by atoms with E-state index in [2.05, 4.69) is 0 Å². The second-order valence-corrected chi connectivity index (χ2v) is 13.4. The lowest BCUT2D eigenvalue weighted by atomic mass is 9.45. The Morgan fingerprint density at radius 3 is 2.54 bits per heavy atom. The van der Waals surface area contributed by atoms with E-state index in [1.54, 1.807) is 24.3 Å². The molecule has 4 aliphatic carbocycles. The average molecular weight is 610 g/mol. The van der Waals surface area contributed by atoms with E-state index in [1.807, 2.05) is 6.92 Å². The number of hydrogen-bond acceptors (Lipinski definition) is 8. The van der Waals surface area contributed by atoms with Gasteiger partial charge in [-0.25, -0.2) is 13.6 Å². The van der Waals surface area contributed by atoms with Crippen molar-refractivity contribution < 1.29 is 38.2 Å². The number of nitrogens with zero attached hydrogens (tertiary/aromatic N) is 1. The lowest BCUT2D eigenvalue weighted by Crippen LogP contribution is -2.68. The zero-order valence-electron chi connectivity index (χ0n) is 23.1. The number of anilines is 1. The quantitative estimate of drug-likeness (QED) is 0.310. The van der Waals surface area contributed by atoms with Crippen LogP contribution in [0, 0.1) is 34.5 Å². The van der Waals surface area contributed by atoms with Crippen molar-refractivity contribution >= 4 is 45.9 Å². The Bertz CT molecular complexity index is 1310. The standard InChI is InChI=1S/C30H34ClF2NO6S/c1-28-13-25(37)30(33)21(12-23(32)22-11-19(35)8-9-29(22,30)2)20(28)10-16(26(28)24(36)15-40-27(38)41-3)14-34(39)18-6-4-17(31)5-7-18/h4-9,11,16,20-21,23,25-26,37,39H,10,12-15H2,1-3H3. The maximum Gasteiger partial charge on any atom is 0.367 e. The molecule has 4 aliphatic rings. The van der Waals surface area contributed by atoms with Gasteiger partial charge in [0.05, 0.1) is 11.8 Å². The lowest BCUT2D eigenvalue weighted by Gasteiger charge is -2.62. The summed E-state index contributed by atoms with van der Waals surface area (Å²) in [6.45, 7) is 2.83. The van der Waals surface area contributed by atoms with E-state index in [9.17, 15) is 24.7 Å². The predicted molar refractivity (Wildman–Crippen MR) is 151 cm³/mol. The number of benzene rings is 1. The molecule has 1 aromatic carbocycles. The highest BCUT2D eigenvalue weighted by Crippen LogP contribution is 2.70. The van der Waals surface area contributed by atoms with Crippen molar-refractivity contribution in [2.45, 2.75) is 51.1 Å². The Kier molecular flexibility index (Phi) is 7.94. The van der Waals surface area contributed by atoms with E-state index in [1.165, 1.54) is 25.3 Å². The van der Waals surface area contributed by atoms with Gasteiger partial charge in [-0.1, -0.05) is 24.6 Å². The Balaban J connectivity index is 1.53. The maximum absolute atomic E-state index is 17.5. The summed E-state index contributed by atoms with van der Waals surface area (Å²) in [6.07, 6.45) is 2.05. The minimum absolute atomic E-state index is 0.00141. The van der Waals surface area contributed by atoms with E-state index in [-0.39, 0.29) is 31.4 Å². The molecule has 3 fully saturated rings. The first-order valence-electron chi connectivity index (χ1n) is 13.7. The molecule has 0 saturated heterocycles. The fourth-order valence-corrected chi connectivity index (χ4v) is 8.72. The van der Waals surface area contributed by atoms with E-state index in [0.717, 1.165) is 22.9 Å². The van der Waals surface area contributed by atoms with Gasteiger partial charge in [-0.3, -0.25) is 19.9 Å². The van der Waals surface area contributed by atoms with Gasteiger partial charge in [-0.15, -0.1) is 0 Å². The molecule has 0 radical (unpaired) electrons. The number of aliphatic hydroxyl groups excluding tert-OH is 1. The van der Waals surface area contributed by atoms with Crippen molar-refractivity contribution in [2.75, 3.05) is 24.5 Å². The zero-order chi connectivity index (χ0) is 29.9. The highest BCUT2D eigenvalue weighted by Gasteiger charge is 2.73. The SMILES string of the molecule is CSC(=O)OCC(=O)C1C(CN(O)c2ccc(Cl)cc2)CC2C3CC(F)C4=CC(=O)C=CC4(C)C3(F)C(O)CC21C. The van der Waals surface area contributed by atoms with Crippen molar-refractivity contribution in [3.05, 3.63) is 53.1 Å². The van der Waals surface area contributed by atoms with Crippen molar-refractivity contribution in [1.82, 2.24) is 0 Å². The van der Waals surface area contributed by atoms with E-state index < -0.39 is 75.9 Å². The Hall–Kier alpha value is -2.27. The molecular weight excluding hydrogens is 576 g/mol. The fraction of sp³-hybridized carbons (Fsp3) is 0.567. The number of fused-ring (bicyclic) bond motifs is 5. The molecule has 11 heteroatoms. The van der Waals surface area contributed by atoms with Crippen molar-refractivity contribution in [2.24, 2.45) is 34.5 Å². The summed E-state index contributed by atoms with van der Waals surface area (Å²) in [5.41, 5.74) is -4.33. The third kappa shape index (κ3) is 4.75. The van der Waals surface area contributed by atoms with Gasteiger partial charge in [0.15, 0.2) is 23.8 Å². The molecule has 0 spiro atoms. The summed E-state index contributed by atoms with van der Waals surface area (Å²) in [5, 5.41) is 23.4. The molecule has 7 nitrogen and oxygen atoms in total. The molecule has 41 heavy (non-hydrogen) atoms. The van der Waals surface area contributed by atoms with Gasteiger partial charge in [-0.2, -0.15) is 0 Å². The molecule has 9 atom stereocenters. The van der Waals surface area contributed by atoms with Gasteiger partial charge >= 0.3 is 5.30 Å². The van der Waals surface area contributed by atoms with Crippen LogP contribution in [-0.2, 0) is 14.3 Å². The van der Waals surface area contributed by atoms with Crippen LogP contribution in [0.2, 0.25) is 5.02 Å². The lowest BCUT2D eigenvalue weighted by molar-refractivity contribution is -0.202. The van der Waals surface area contributed by atoms with Gasteiger partial charge in [0, 0.05) is 28.8 Å². The third-order valence-electron chi connectivity index (χ3n) is 10.2. The van der Waals surface area contributed by atoms with Gasteiger partial charge in [0.25, 0.3) is 0 Å². The van der Waals surface area contributed by atoms with Crippen molar-refractivity contribution in [1.29, 1.82) is 0 Å². The predicted octanol–water partition coefficient (Wildman–Crippen LogP) is 5.77.